The number of rotatable bonds is 8. The SMILES string of the molecule is CCc1c2c(nc3ccc(OC/C(=C\CN(C)C)C(=O)O)cc13)-c1cc3c(c(=O)n1C2)COC(=O)[C@]3(O)CC. The minimum Gasteiger partial charge on any atom is -0.489 e. The number of carbonyl (C=O) groups is 2. The number of nitrogens with zero attached hydrogens (tertiary/aromatic N) is 3. The summed E-state index contributed by atoms with van der Waals surface area (Å²) in [5, 5.41) is 21.5. The number of carboxylic acid groups (broad SMARTS) is 1. The van der Waals surface area contributed by atoms with E-state index in [1.54, 1.807) is 29.7 Å². The lowest BCUT2D eigenvalue weighted by atomic mass is 9.86. The molecule has 0 aliphatic carbocycles. The maximum absolute atomic E-state index is 13.5. The molecule has 0 bridgehead atoms. The molecule has 0 fully saturated rings. The highest BCUT2D eigenvalue weighted by Gasteiger charge is 2.45. The van der Waals surface area contributed by atoms with E-state index < -0.39 is 17.5 Å². The van der Waals surface area contributed by atoms with Gasteiger partial charge in [0.15, 0.2) is 5.60 Å². The van der Waals surface area contributed by atoms with Crippen LogP contribution in [0.1, 0.15) is 42.5 Å². The van der Waals surface area contributed by atoms with E-state index in [2.05, 4.69) is 0 Å². The molecular formula is C29H31N3O7. The molecule has 0 saturated carbocycles. The fourth-order valence-corrected chi connectivity index (χ4v) is 5.30. The number of aromatic nitrogens is 2. The molecule has 0 saturated heterocycles. The van der Waals surface area contributed by atoms with Crippen LogP contribution in [0.25, 0.3) is 22.3 Å². The molecular weight excluding hydrogens is 502 g/mol. The van der Waals surface area contributed by atoms with E-state index in [4.69, 9.17) is 14.5 Å². The molecule has 3 aromatic rings. The Hall–Kier alpha value is -4.02. The summed E-state index contributed by atoms with van der Waals surface area (Å²) in [7, 11) is 3.72. The third-order valence-corrected chi connectivity index (χ3v) is 7.50. The zero-order valence-electron chi connectivity index (χ0n) is 22.4. The number of aryl methyl sites for hydroxylation is 1. The normalized spacial score (nSPS) is 18.1. The third-order valence-electron chi connectivity index (χ3n) is 7.50. The van der Waals surface area contributed by atoms with Crippen molar-refractivity contribution >= 4 is 22.8 Å². The van der Waals surface area contributed by atoms with E-state index in [1.165, 1.54) is 0 Å². The largest absolute Gasteiger partial charge is 0.489 e. The highest BCUT2D eigenvalue weighted by atomic mass is 16.6. The van der Waals surface area contributed by atoms with E-state index in [0.29, 0.717) is 42.2 Å². The lowest BCUT2D eigenvalue weighted by Crippen LogP contribution is -2.44. The summed E-state index contributed by atoms with van der Waals surface area (Å²) >= 11 is 0. The number of fused-ring (bicyclic) bond motifs is 5. The number of benzene rings is 1. The van der Waals surface area contributed by atoms with Gasteiger partial charge in [0, 0.05) is 23.1 Å². The van der Waals surface area contributed by atoms with Gasteiger partial charge in [-0.25, -0.2) is 14.6 Å². The van der Waals surface area contributed by atoms with Gasteiger partial charge in [-0.1, -0.05) is 19.9 Å². The Morgan fingerprint density at radius 3 is 2.67 bits per heavy atom. The Balaban J connectivity index is 1.57. The van der Waals surface area contributed by atoms with Crippen LogP contribution in [0.5, 0.6) is 5.75 Å². The number of cyclic esters (lactones) is 1. The van der Waals surface area contributed by atoms with Crippen LogP contribution in [0.3, 0.4) is 0 Å². The number of carbonyl (C=O) groups excluding carboxylic acids is 1. The number of pyridine rings is 2. The Morgan fingerprint density at radius 2 is 2.00 bits per heavy atom. The number of hydrogen-bond donors (Lipinski definition) is 2. The molecule has 1 aromatic carbocycles. The molecule has 2 aliphatic heterocycles. The molecule has 5 rings (SSSR count). The Labute approximate surface area is 225 Å². The molecule has 0 radical (unpaired) electrons. The first-order chi connectivity index (χ1) is 18.6. The number of likely N-dealkylation sites (N-methyl/N-ethyl adjacent to an activating group) is 1. The van der Waals surface area contributed by atoms with Gasteiger partial charge in [-0.3, -0.25) is 4.79 Å². The van der Waals surface area contributed by atoms with Gasteiger partial charge >= 0.3 is 11.9 Å². The van der Waals surface area contributed by atoms with Gasteiger partial charge in [0.2, 0.25) is 0 Å². The van der Waals surface area contributed by atoms with Crippen molar-refractivity contribution in [1.82, 2.24) is 14.5 Å². The summed E-state index contributed by atoms with van der Waals surface area (Å²) in [5.41, 5.74) is 2.35. The van der Waals surface area contributed by atoms with Crippen LogP contribution in [0.2, 0.25) is 0 Å². The summed E-state index contributed by atoms with van der Waals surface area (Å²) in [4.78, 5) is 44.3. The van der Waals surface area contributed by atoms with Crippen molar-refractivity contribution in [1.29, 1.82) is 0 Å². The molecule has 10 heteroatoms. The third kappa shape index (κ3) is 4.39. The zero-order chi connectivity index (χ0) is 28.1. The summed E-state index contributed by atoms with van der Waals surface area (Å²) in [6.45, 7) is 4.23. The summed E-state index contributed by atoms with van der Waals surface area (Å²) < 4.78 is 12.6. The van der Waals surface area contributed by atoms with Crippen LogP contribution < -0.4 is 10.3 Å². The Kier molecular flexibility index (Phi) is 6.77. The van der Waals surface area contributed by atoms with E-state index in [9.17, 15) is 24.6 Å². The van der Waals surface area contributed by atoms with Crippen molar-refractivity contribution < 1.29 is 29.3 Å². The predicted molar refractivity (Wildman–Crippen MR) is 144 cm³/mol. The van der Waals surface area contributed by atoms with E-state index in [0.717, 1.165) is 16.5 Å². The number of ether oxygens (including phenoxy) is 2. The fraction of sp³-hybridized carbons (Fsp3) is 0.379. The highest BCUT2D eigenvalue weighted by Crippen LogP contribution is 2.40. The number of hydrogen-bond acceptors (Lipinski definition) is 8. The first kappa shape index (κ1) is 26.6. The molecule has 0 unspecified atom stereocenters. The van der Waals surface area contributed by atoms with Crippen molar-refractivity contribution in [2.75, 3.05) is 27.2 Å². The van der Waals surface area contributed by atoms with E-state index in [-0.39, 0.29) is 41.9 Å². The van der Waals surface area contributed by atoms with Crippen LogP contribution in [-0.4, -0.2) is 63.8 Å². The monoisotopic (exact) mass is 533 g/mol. The second kappa shape index (κ2) is 9.94. The van der Waals surface area contributed by atoms with Gasteiger partial charge in [-0.15, -0.1) is 0 Å². The van der Waals surface area contributed by atoms with Crippen molar-refractivity contribution in [3.63, 3.8) is 0 Å². The van der Waals surface area contributed by atoms with Gasteiger partial charge in [-0.2, -0.15) is 0 Å². The number of aliphatic hydroxyl groups is 1. The molecule has 0 spiro atoms. The average Bonchev–Trinajstić information content (AvgIpc) is 3.27. The van der Waals surface area contributed by atoms with Crippen LogP contribution in [0.4, 0.5) is 0 Å². The number of esters is 1. The maximum atomic E-state index is 13.5. The minimum absolute atomic E-state index is 0.0800. The van der Waals surface area contributed by atoms with Gasteiger partial charge in [0.1, 0.15) is 19.0 Å². The lowest BCUT2D eigenvalue weighted by Gasteiger charge is -2.31. The van der Waals surface area contributed by atoms with Crippen molar-refractivity contribution in [3.05, 3.63) is 68.5 Å². The maximum Gasteiger partial charge on any atom is 0.343 e. The molecule has 2 aromatic heterocycles. The quantitative estimate of drug-likeness (QED) is 0.259. The van der Waals surface area contributed by atoms with Gasteiger partial charge in [0.25, 0.3) is 5.56 Å². The highest BCUT2D eigenvalue weighted by molar-refractivity contribution is 5.90. The standard InChI is InChI=1S/C29H31N3O7/c1-5-18-19-11-17(38-14-16(27(34)35)9-10-31(3)4)7-8-23(19)30-25-20(18)13-32-24(25)12-22-21(26(32)33)15-39-28(36)29(22,37)6-2/h7-9,11-12,37H,5-6,10,13-15H2,1-4H3,(H,34,35)/b16-9+/t29-/m0/s1. The number of carboxylic acids is 1. The Bertz CT molecular complexity index is 1600. The minimum atomic E-state index is -1.88. The van der Waals surface area contributed by atoms with Gasteiger partial charge in [0.05, 0.1) is 34.6 Å². The second-order valence-corrected chi connectivity index (χ2v) is 10.1. The van der Waals surface area contributed by atoms with Crippen LogP contribution in [-0.2, 0) is 39.5 Å². The van der Waals surface area contributed by atoms with Crippen LogP contribution in [0, 0.1) is 0 Å². The van der Waals surface area contributed by atoms with E-state index in [1.807, 2.05) is 38.1 Å². The van der Waals surface area contributed by atoms with Crippen molar-refractivity contribution in [2.45, 2.75) is 45.4 Å². The van der Waals surface area contributed by atoms with Crippen molar-refractivity contribution in [2.24, 2.45) is 0 Å². The molecule has 10 nitrogen and oxygen atoms in total. The first-order valence-electron chi connectivity index (χ1n) is 12.9. The molecule has 2 aliphatic rings. The zero-order valence-corrected chi connectivity index (χ0v) is 22.4. The predicted octanol–water partition coefficient (Wildman–Crippen LogP) is 2.59. The summed E-state index contributed by atoms with van der Waals surface area (Å²) in [6, 6.07) is 7.11. The van der Waals surface area contributed by atoms with Crippen LogP contribution >= 0.6 is 0 Å². The molecule has 204 valence electrons. The second-order valence-electron chi connectivity index (χ2n) is 10.1. The molecule has 2 N–H and O–H groups in total. The average molecular weight is 534 g/mol. The van der Waals surface area contributed by atoms with E-state index >= 15 is 0 Å². The van der Waals surface area contributed by atoms with Gasteiger partial charge < -0.3 is 29.2 Å². The molecule has 0 amide bonds. The van der Waals surface area contributed by atoms with Crippen LogP contribution in [0.15, 0.2) is 40.7 Å². The topological polar surface area (TPSA) is 131 Å². The molecule has 1 atom stereocenters. The first-order valence-corrected chi connectivity index (χ1v) is 12.9. The summed E-state index contributed by atoms with van der Waals surface area (Å²) in [6.07, 6.45) is 2.37. The smallest absolute Gasteiger partial charge is 0.343 e. The Morgan fingerprint density at radius 1 is 1.23 bits per heavy atom. The van der Waals surface area contributed by atoms with Crippen molar-refractivity contribution in [3.8, 4) is 17.1 Å². The number of aliphatic carboxylic acids is 1. The summed E-state index contributed by atoms with van der Waals surface area (Å²) in [5.74, 6) is -1.27. The fourth-order valence-electron chi connectivity index (χ4n) is 5.30. The lowest BCUT2D eigenvalue weighted by molar-refractivity contribution is -0.172. The molecule has 39 heavy (non-hydrogen) atoms. The van der Waals surface area contributed by atoms with Gasteiger partial charge in [-0.05, 0) is 56.8 Å². The molecule has 4 heterocycles.